The van der Waals surface area contributed by atoms with E-state index in [1.807, 2.05) is 13.1 Å². The van der Waals surface area contributed by atoms with Gasteiger partial charge in [0.25, 0.3) is 0 Å². The summed E-state index contributed by atoms with van der Waals surface area (Å²) in [5.41, 5.74) is 4.70. The van der Waals surface area contributed by atoms with Gasteiger partial charge in [0.1, 0.15) is 5.52 Å². The molecule has 1 amide bonds. The fraction of sp³-hybridized carbons (Fsp3) is 0.333. The molecule has 28 heavy (non-hydrogen) atoms. The first kappa shape index (κ1) is 18.2. The number of amides is 1. The average molecular weight is 376 g/mol. The maximum absolute atomic E-state index is 11.2. The van der Waals surface area contributed by atoms with Gasteiger partial charge in [0, 0.05) is 56.7 Å². The molecule has 0 spiro atoms. The van der Waals surface area contributed by atoms with Crippen LogP contribution in [0.25, 0.3) is 22.3 Å². The second-order valence-electron chi connectivity index (χ2n) is 7.04. The summed E-state index contributed by atoms with van der Waals surface area (Å²) in [4.78, 5) is 27.1. The number of carbonyl (C=O) groups excluding carboxylic acids is 1. The summed E-state index contributed by atoms with van der Waals surface area (Å²) in [6.07, 6.45) is 5.31. The van der Waals surface area contributed by atoms with Gasteiger partial charge in [-0.3, -0.25) is 9.78 Å². The largest absolute Gasteiger partial charge is 0.371 e. The first-order valence-corrected chi connectivity index (χ1v) is 9.56. The molecule has 0 bridgehead atoms. The van der Waals surface area contributed by atoms with E-state index in [0.717, 1.165) is 54.0 Å². The van der Waals surface area contributed by atoms with Crippen molar-refractivity contribution in [1.29, 1.82) is 0 Å². The van der Waals surface area contributed by atoms with Crippen molar-refractivity contribution in [3.05, 3.63) is 42.7 Å². The number of aromatic nitrogens is 3. The Balaban J connectivity index is 1.53. The number of nitrogens with zero attached hydrogens (tertiary/aromatic N) is 4. The second-order valence-corrected chi connectivity index (χ2v) is 7.04. The smallest absolute Gasteiger partial charge is 0.217 e. The lowest BCUT2D eigenvalue weighted by Crippen LogP contribution is -2.44. The zero-order valence-electron chi connectivity index (χ0n) is 16.1. The van der Waals surface area contributed by atoms with E-state index in [4.69, 9.17) is 4.98 Å². The highest BCUT2D eigenvalue weighted by atomic mass is 16.1. The Morgan fingerprint density at radius 2 is 1.82 bits per heavy atom. The van der Waals surface area contributed by atoms with Crippen LogP contribution in [0, 0.1) is 0 Å². The highest BCUT2D eigenvalue weighted by Gasteiger charge is 2.20. The van der Waals surface area contributed by atoms with Crippen LogP contribution in [-0.4, -0.2) is 47.0 Å². The van der Waals surface area contributed by atoms with Crippen molar-refractivity contribution in [2.45, 2.75) is 25.8 Å². The summed E-state index contributed by atoms with van der Waals surface area (Å²) in [6, 6.07) is 10.7. The summed E-state index contributed by atoms with van der Waals surface area (Å²) in [7, 11) is 1.84. The highest BCUT2D eigenvalue weighted by Crippen LogP contribution is 2.28. The third-order valence-corrected chi connectivity index (χ3v) is 5.12. The van der Waals surface area contributed by atoms with Crippen molar-refractivity contribution in [3.8, 4) is 11.3 Å². The molecule has 0 aliphatic carbocycles. The number of nitrogens with one attached hydrogen (secondary N) is 2. The van der Waals surface area contributed by atoms with Gasteiger partial charge in [-0.2, -0.15) is 0 Å². The molecule has 144 valence electrons. The lowest BCUT2D eigenvalue weighted by atomic mass is 10.0. The van der Waals surface area contributed by atoms with Gasteiger partial charge in [-0.15, -0.1) is 0 Å². The molecule has 4 rings (SSSR count). The molecule has 1 aromatic carbocycles. The van der Waals surface area contributed by atoms with E-state index in [1.165, 1.54) is 5.69 Å². The molecule has 3 aromatic rings. The molecule has 1 fully saturated rings. The summed E-state index contributed by atoms with van der Waals surface area (Å²) >= 11 is 0. The van der Waals surface area contributed by atoms with Crippen LogP contribution in [0.1, 0.15) is 19.8 Å². The standard InChI is InChI=1S/C21H24N6O/c1-14(28)25-16-7-11-27(12-8-16)17-5-3-15(4-6-17)18-13-19-20(21(22-2)26-18)24-10-9-23-19/h3-6,9-10,13,16H,7-8,11-12H2,1-2H3,(H,22,26)(H,25,28). The topological polar surface area (TPSA) is 83.0 Å². The molecule has 2 aromatic heterocycles. The number of pyridine rings is 1. The van der Waals surface area contributed by atoms with E-state index in [2.05, 4.69) is 49.8 Å². The molecule has 1 aliphatic rings. The van der Waals surface area contributed by atoms with Gasteiger partial charge < -0.3 is 15.5 Å². The van der Waals surface area contributed by atoms with Crippen molar-refractivity contribution in [3.63, 3.8) is 0 Å². The summed E-state index contributed by atoms with van der Waals surface area (Å²) in [5, 5.41) is 6.13. The van der Waals surface area contributed by atoms with E-state index >= 15 is 0 Å². The Bertz CT molecular complexity index is 980. The van der Waals surface area contributed by atoms with Crippen molar-refractivity contribution in [2.24, 2.45) is 0 Å². The third kappa shape index (κ3) is 3.74. The van der Waals surface area contributed by atoms with Gasteiger partial charge in [0.2, 0.25) is 5.91 Å². The van der Waals surface area contributed by atoms with E-state index in [-0.39, 0.29) is 11.9 Å². The average Bonchev–Trinajstić information content (AvgIpc) is 2.73. The molecule has 7 nitrogen and oxygen atoms in total. The summed E-state index contributed by atoms with van der Waals surface area (Å²) in [5.74, 6) is 0.779. The summed E-state index contributed by atoms with van der Waals surface area (Å²) < 4.78 is 0. The van der Waals surface area contributed by atoms with Crippen molar-refractivity contribution < 1.29 is 4.79 Å². The van der Waals surface area contributed by atoms with Crippen LogP contribution in [0.15, 0.2) is 42.7 Å². The normalized spacial score (nSPS) is 14.9. The molecule has 1 saturated heterocycles. The van der Waals surface area contributed by atoms with Crippen LogP contribution in [0.4, 0.5) is 11.5 Å². The minimum absolute atomic E-state index is 0.0521. The number of fused-ring (bicyclic) bond motifs is 1. The minimum atomic E-state index is 0.0521. The van der Waals surface area contributed by atoms with Crippen LogP contribution in [0.3, 0.4) is 0 Å². The number of hydrogen-bond acceptors (Lipinski definition) is 6. The minimum Gasteiger partial charge on any atom is -0.371 e. The number of benzene rings is 1. The second kappa shape index (κ2) is 7.80. The lowest BCUT2D eigenvalue weighted by Gasteiger charge is -2.33. The third-order valence-electron chi connectivity index (χ3n) is 5.12. The molecule has 2 N–H and O–H groups in total. The predicted octanol–water partition coefficient (Wildman–Crippen LogP) is 2.84. The highest BCUT2D eigenvalue weighted by molar-refractivity contribution is 5.88. The zero-order chi connectivity index (χ0) is 19.5. The number of hydrogen-bond donors (Lipinski definition) is 2. The molecule has 0 atom stereocenters. The van der Waals surface area contributed by atoms with E-state index in [1.54, 1.807) is 19.3 Å². The van der Waals surface area contributed by atoms with Crippen LogP contribution in [0.2, 0.25) is 0 Å². The molecule has 0 saturated carbocycles. The first-order chi connectivity index (χ1) is 13.6. The Morgan fingerprint density at radius 1 is 1.11 bits per heavy atom. The van der Waals surface area contributed by atoms with Gasteiger partial charge in [-0.1, -0.05) is 12.1 Å². The Labute approximate surface area is 164 Å². The number of rotatable bonds is 4. The number of piperidine rings is 1. The Kier molecular flexibility index (Phi) is 5.06. The van der Waals surface area contributed by atoms with E-state index < -0.39 is 0 Å². The predicted molar refractivity (Wildman–Crippen MR) is 111 cm³/mol. The molecule has 0 radical (unpaired) electrons. The number of carbonyl (C=O) groups is 1. The van der Waals surface area contributed by atoms with Crippen molar-refractivity contribution in [1.82, 2.24) is 20.3 Å². The van der Waals surface area contributed by atoms with Crippen LogP contribution in [-0.2, 0) is 4.79 Å². The van der Waals surface area contributed by atoms with Gasteiger partial charge in [0.05, 0.1) is 11.2 Å². The lowest BCUT2D eigenvalue weighted by molar-refractivity contribution is -0.119. The molecular formula is C21H24N6O. The SMILES string of the molecule is CNc1nc(-c2ccc(N3CCC(NC(C)=O)CC3)cc2)cc2nccnc12. The van der Waals surface area contributed by atoms with Crippen LogP contribution < -0.4 is 15.5 Å². The molecule has 3 heterocycles. The molecule has 0 unspecified atom stereocenters. The van der Waals surface area contributed by atoms with E-state index in [0.29, 0.717) is 0 Å². The molecule has 7 heteroatoms. The molecular weight excluding hydrogens is 352 g/mol. The van der Waals surface area contributed by atoms with E-state index in [9.17, 15) is 4.79 Å². The fourth-order valence-electron chi connectivity index (χ4n) is 3.71. The van der Waals surface area contributed by atoms with Gasteiger partial charge >= 0.3 is 0 Å². The van der Waals surface area contributed by atoms with Gasteiger partial charge in [-0.05, 0) is 31.0 Å². The quantitative estimate of drug-likeness (QED) is 0.729. The van der Waals surface area contributed by atoms with Crippen molar-refractivity contribution >= 4 is 28.4 Å². The van der Waals surface area contributed by atoms with Crippen LogP contribution >= 0.6 is 0 Å². The maximum atomic E-state index is 11.2. The first-order valence-electron chi connectivity index (χ1n) is 9.56. The van der Waals surface area contributed by atoms with Gasteiger partial charge in [-0.25, -0.2) is 9.97 Å². The fourth-order valence-corrected chi connectivity index (χ4v) is 3.71. The molecule has 1 aliphatic heterocycles. The van der Waals surface area contributed by atoms with Gasteiger partial charge in [0.15, 0.2) is 5.82 Å². The maximum Gasteiger partial charge on any atom is 0.217 e. The summed E-state index contributed by atoms with van der Waals surface area (Å²) in [6.45, 7) is 3.47. The Morgan fingerprint density at radius 3 is 2.50 bits per heavy atom. The zero-order valence-corrected chi connectivity index (χ0v) is 16.1. The number of anilines is 2. The Hall–Kier alpha value is -3.22. The van der Waals surface area contributed by atoms with Crippen molar-refractivity contribution in [2.75, 3.05) is 30.4 Å². The monoisotopic (exact) mass is 376 g/mol. The van der Waals surface area contributed by atoms with Crippen LogP contribution in [0.5, 0.6) is 0 Å².